The van der Waals surface area contributed by atoms with Gasteiger partial charge in [-0.3, -0.25) is 0 Å². The van der Waals surface area contributed by atoms with Crippen LogP contribution in [0.4, 0.5) is 4.39 Å². The lowest BCUT2D eigenvalue weighted by Gasteiger charge is -2.05. The average Bonchev–Trinajstić information content (AvgIpc) is 2.49. The molecule has 1 aliphatic rings. The topological polar surface area (TPSA) is 9.23 Å². The third-order valence-electron chi connectivity index (χ3n) is 1.95. The molecule has 0 bridgehead atoms. The van der Waals surface area contributed by atoms with Crippen molar-refractivity contribution < 1.29 is 9.13 Å². The molecule has 1 atom stereocenters. The lowest BCUT2D eigenvalue weighted by molar-refractivity contribution is 0.252. The highest BCUT2D eigenvalue weighted by atomic mass is 127. The molecule has 0 saturated heterocycles. The van der Waals surface area contributed by atoms with Gasteiger partial charge in [-0.1, -0.05) is 34.7 Å². The van der Waals surface area contributed by atoms with Gasteiger partial charge in [-0.15, -0.1) is 0 Å². The standard InChI is InChI=1S/C9H8FIO/c10-8-3-1-2-6-4-7(5-11)12-9(6)8/h1-3,7H,4-5H2. The summed E-state index contributed by atoms with van der Waals surface area (Å²) in [7, 11) is 0. The summed E-state index contributed by atoms with van der Waals surface area (Å²) < 4.78 is 19.4. The Kier molecular flexibility index (Phi) is 2.21. The van der Waals surface area contributed by atoms with Gasteiger partial charge in [0.15, 0.2) is 11.6 Å². The van der Waals surface area contributed by atoms with E-state index in [4.69, 9.17) is 4.74 Å². The minimum absolute atomic E-state index is 0.164. The van der Waals surface area contributed by atoms with Gasteiger partial charge >= 0.3 is 0 Å². The van der Waals surface area contributed by atoms with Crippen LogP contribution in [0, 0.1) is 5.82 Å². The highest BCUT2D eigenvalue weighted by Crippen LogP contribution is 2.31. The minimum Gasteiger partial charge on any atom is -0.486 e. The number of para-hydroxylation sites is 1. The molecule has 12 heavy (non-hydrogen) atoms. The van der Waals surface area contributed by atoms with Crippen molar-refractivity contribution >= 4 is 22.6 Å². The normalized spacial score (nSPS) is 20.3. The second kappa shape index (κ2) is 3.20. The van der Waals surface area contributed by atoms with Crippen LogP contribution >= 0.6 is 22.6 Å². The van der Waals surface area contributed by atoms with Crippen LogP contribution in [0.5, 0.6) is 5.75 Å². The lowest BCUT2D eigenvalue weighted by atomic mass is 10.1. The SMILES string of the molecule is Fc1cccc2c1OC(CI)C2. The minimum atomic E-state index is -0.236. The molecule has 0 fully saturated rings. The second-order valence-electron chi connectivity index (χ2n) is 2.83. The molecule has 0 aromatic heterocycles. The lowest BCUT2D eigenvalue weighted by Crippen LogP contribution is -2.13. The summed E-state index contributed by atoms with van der Waals surface area (Å²) in [6.07, 6.45) is 1.01. The van der Waals surface area contributed by atoms with Crippen molar-refractivity contribution in [1.82, 2.24) is 0 Å². The monoisotopic (exact) mass is 278 g/mol. The Balaban J connectivity index is 2.35. The Bertz CT molecular complexity index is 301. The zero-order valence-corrected chi connectivity index (χ0v) is 8.55. The molecule has 2 rings (SSSR count). The van der Waals surface area contributed by atoms with Crippen molar-refractivity contribution in [3.63, 3.8) is 0 Å². The van der Waals surface area contributed by atoms with Crippen molar-refractivity contribution in [2.75, 3.05) is 4.43 Å². The molecule has 64 valence electrons. The molecule has 1 aromatic rings. The second-order valence-corrected chi connectivity index (χ2v) is 3.71. The van der Waals surface area contributed by atoms with E-state index in [9.17, 15) is 4.39 Å². The van der Waals surface area contributed by atoms with Gasteiger partial charge in [-0.05, 0) is 6.07 Å². The molecule has 1 aliphatic heterocycles. The number of ether oxygens (including phenoxy) is 1. The number of benzene rings is 1. The zero-order valence-electron chi connectivity index (χ0n) is 6.39. The molecule has 1 nitrogen and oxygen atoms in total. The Morgan fingerprint density at radius 3 is 3.08 bits per heavy atom. The van der Waals surface area contributed by atoms with Crippen LogP contribution in [0.1, 0.15) is 5.56 Å². The van der Waals surface area contributed by atoms with Gasteiger partial charge in [0.05, 0.1) is 0 Å². The van der Waals surface area contributed by atoms with Gasteiger partial charge in [0.2, 0.25) is 0 Å². The van der Waals surface area contributed by atoms with E-state index in [0.717, 1.165) is 16.4 Å². The average molecular weight is 278 g/mol. The number of hydrogen-bond donors (Lipinski definition) is 0. The molecule has 0 amide bonds. The van der Waals surface area contributed by atoms with Gasteiger partial charge < -0.3 is 4.74 Å². The van der Waals surface area contributed by atoms with Crippen molar-refractivity contribution in [2.45, 2.75) is 12.5 Å². The first-order valence-corrected chi connectivity index (χ1v) is 5.34. The Hall–Kier alpha value is -0.320. The van der Waals surface area contributed by atoms with Crippen LogP contribution < -0.4 is 4.74 Å². The smallest absolute Gasteiger partial charge is 0.165 e. The molecule has 1 aromatic carbocycles. The fourth-order valence-corrected chi connectivity index (χ4v) is 1.88. The number of hydrogen-bond acceptors (Lipinski definition) is 1. The quantitative estimate of drug-likeness (QED) is 0.566. The van der Waals surface area contributed by atoms with Crippen molar-refractivity contribution in [1.29, 1.82) is 0 Å². The fourth-order valence-electron chi connectivity index (χ4n) is 1.39. The van der Waals surface area contributed by atoms with Gasteiger partial charge in [0.25, 0.3) is 0 Å². The predicted molar refractivity (Wildman–Crippen MR) is 53.4 cm³/mol. The van der Waals surface area contributed by atoms with Crippen LogP contribution in [0.3, 0.4) is 0 Å². The third-order valence-corrected chi connectivity index (χ3v) is 2.94. The molecular formula is C9H8FIO. The molecule has 0 radical (unpaired) electrons. The van der Waals surface area contributed by atoms with E-state index in [1.165, 1.54) is 6.07 Å². The van der Waals surface area contributed by atoms with Gasteiger partial charge in [0, 0.05) is 16.4 Å². The maximum Gasteiger partial charge on any atom is 0.165 e. The largest absolute Gasteiger partial charge is 0.486 e. The van der Waals surface area contributed by atoms with Crippen LogP contribution in [0.25, 0.3) is 0 Å². The maximum absolute atomic E-state index is 13.1. The van der Waals surface area contributed by atoms with E-state index >= 15 is 0 Å². The summed E-state index contributed by atoms with van der Waals surface area (Å²) in [5.74, 6) is 0.221. The Morgan fingerprint density at radius 1 is 1.58 bits per heavy atom. The van der Waals surface area contributed by atoms with Gasteiger partial charge in [-0.25, -0.2) is 4.39 Å². The molecule has 0 spiro atoms. The number of rotatable bonds is 1. The zero-order chi connectivity index (χ0) is 8.55. The summed E-state index contributed by atoms with van der Waals surface area (Å²) in [6.45, 7) is 0. The van der Waals surface area contributed by atoms with Crippen LogP contribution in [0.15, 0.2) is 18.2 Å². The molecular weight excluding hydrogens is 270 g/mol. The third kappa shape index (κ3) is 1.30. The highest BCUT2D eigenvalue weighted by Gasteiger charge is 2.24. The highest BCUT2D eigenvalue weighted by molar-refractivity contribution is 14.1. The number of alkyl halides is 1. The number of halogens is 2. The van der Waals surface area contributed by atoms with Crippen LogP contribution in [0.2, 0.25) is 0 Å². The van der Waals surface area contributed by atoms with Crippen molar-refractivity contribution in [2.24, 2.45) is 0 Å². The van der Waals surface area contributed by atoms with E-state index in [0.29, 0.717) is 5.75 Å². The van der Waals surface area contributed by atoms with E-state index < -0.39 is 0 Å². The predicted octanol–water partition coefficient (Wildman–Crippen LogP) is 2.56. The molecule has 0 N–H and O–H groups in total. The molecule has 0 saturated carbocycles. The summed E-state index contributed by atoms with van der Waals surface area (Å²) in [4.78, 5) is 0. The fraction of sp³-hybridized carbons (Fsp3) is 0.333. The van der Waals surface area contributed by atoms with E-state index in [1.54, 1.807) is 6.07 Å². The summed E-state index contributed by atoms with van der Waals surface area (Å²) >= 11 is 2.25. The first-order valence-electron chi connectivity index (χ1n) is 3.81. The van der Waals surface area contributed by atoms with E-state index in [1.807, 2.05) is 6.07 Å². The van der Waals surface area contributed by atoms with Crippen LogP contribution in [-0.2, 0) is 6.42 Å². The molecule has 1 heterocycles. The van der Waals surface area contributed by atoms with Crippen molar-refractivity contribution in [3.05, 3.63) is 29.6 Å². The first kappa shape index (κ1) is 8.29. The Morgan fingerprint density at radius 2 is 2.42 bits per heavy atom. The van der Waals surface area contributed by atoms with E-state index in [-0.39, 0.29) is 11.9 Å². The summed E-state index contributed by atoms with van der Waals surface area (Å²) in [5.41, 5.74) is 0.997. The van der Waals surface area contributed by atoms with E-state index in [2.05, 4.69) is 22.6 Å². The summed E-state index contributed by atoms with van der Waals surface area (Å²) in [6, 6.07) is 5.09. The van der Waals surface area contributed by atoms with Gasteiger partial charge in [0.1, 0.15) is 6.10 Å². The van der Waals surface area contributed by atoms with Gasteiger partial charge in [-0.2, -0.15) is 0 Å². The molecule has 0 aliphatic carbocycles. The molecule has 3 heteroatoms. The molecule has 1 unspecified atom stereocenters. The maximum atomic E-state index is 13.1. The summed E-state index contributed by atoms with van der Waals surface area (Å²) in [5, 5.41) is 0. The Labute approximate surface area is 84.1 Å². The number of fused-ring (bicyclic) bond motifs is 1. The van der Waals surface area contributed by atoms with Crippen LogP contribution in [-0.4, -0.2) is 10.5 Å². The first-order chi connectivity index (χ1) is 5.81. The van der Waals surface area contributed by atoms with Crippen molar-refractivity contribution in [3.8, 4) is 5.75 Å².